The fourth-order valence-electron chi connectivity index (χ4n) is 2.75. The fourth-order valence-corrected chi connectivity index (χ4v) is 2.75. The molecule has 1 fully saturated rings. The van der Waals surface area contributed by atoms with Crippen molar-refractivity contribution in [2.75, 3.05) is 19.0 Å². The van der Waals surface area contributed by atoms with Crippen LogP contribution in [0.3, 0.4) is 0 Å². The highest BCUT2D eigenvalue weighted by molar-refractivity contribution is 5.90. The van der Waals surface area contributed by atoms with Gasteiger partial charge in [0.2, 0.25) is 6.41 Å². The predicted octanol–water partition coefficient (Wildman–Crippen LogP) is 1.96. The highest BCUT2D eigenvalue weighted by atomic mass is 16.6. The molecule has 2 amide bonds. The molecule has 2 rings (SSSR count). The summed E-state index contributed by atoms with van der Waals surface area (Å²) in [5.41, 5.74) is 0.0835. The molecule has 152 valence electrons. The Morgan fingerprint density at radius 3 is 2.36 bits per heavy atom. The number of carbonyl (C=O) groups excluding carboxylic acids is 4. The molecule has 0 radical (unpaired) electrons. The van der Waals surface area contributed by atoms with Crippen LogP contribution in [-0.4, -0.2) is 60.7 Å². The van der Waals surface area contributed by atoms with Crippen LogP contribution in [0.5, 0.6) is 0 Å². The van der Waals surface area contributed by atoms with Crippen molar-refractivity contribution in [1.29, 1.82) is 0 Å². The van der Waals surface area contributed by atoms with Gasteiger partial charge in [0.25, 0.3) is 0 Å². The normalized spacial score (nSPS) is 18.9. The summed E-state index contributed by atoms with van der Waals surface area (Å²) in [4.78, 5) is 48.5. The van der Waals surface area contributed by atoms with Crippen LogP contribution >= 0.6 is 0 Å². The fraction of sp³-hybridized carbons (Fsp3) is 0.474. The molecule has 0 bridgehead atoms. The van der Waals surface area contributed by atoms with Gasteiger partial charge in [-0.3, -0.25) is 9.69 Å². The molecule has 1 aromatic rings. The van der Waals surface area contributed by atoms with Crippen LogP contribution in [0.2, 0.25) is 0 Å². The van der Waals surface area contributed by atoms with Gasteiger partial charge in [-0.2, -0.15) is 0 Å². The molecule has 1 aliphatic heterocycles. The molecule has 2 atom stereocenters. The van der Waals surface area contributed by atoms with Gasteiger partial charge in [-0.15, -0.1) is 0 Å². The van der Waals surface area contributed by atoms with Crippen LogP contribution in [0, 0.1) is 0 Å². The number of amides is 2. The van der Waals surface area contributed by atoms with E-state index < -0.39 is 35.8 Å². The van der Waals surface area contributed by atoms with Crippen molar-refractivity contribution in [3.8, 4) is 0 Å². The highest BCUT2D eigenvalue weighted by Gasteiger charge is 2.43. The summed E-state index contributed by atoms with van der Waals surface area (Å²) in [6.45, 7) is 5.17. The standard InChI is InChI=1S/C19H24N2O7/c1-19(2,3)28-18(25)21-10-14(9-15(21)17(24)26-4)27-16(23)12-5-7-13(8-6-12)20-11-22/h5-8,11,14-15H,9-10H2,1-4H3,(H,20,22)/t14-,15+/m1/s1. The maximum atomic E-state index is 12.4. The quantitative estimate of drug-likeness (QED) is 0.463. The van der Waals surface area contributed by atoms with Crippen molar-refractivity contribution in [3.05, 3.63) is 29.8 Å². The minimum atomic E-state index is -0.892. The molecule has 1 aromatic carbocycles. The van der Waals surface area contributed by atoms with Crippen LogP contribution in [0.1, 0.15) is 37.6 Å². The van der Waals surface area contributed by atoms with E-state index in [1.807, 2.05) is 0 Å². The van der Waals surface area contributed by atoms with Gasteiger partial charge in [-0.1, -0.05) is 0 Å². The van der Waals surface area contributed by atoms with Gasteiger partial charge in [-0.25, -0.2) is 14.4 Å². The maximum absolute atomic E-state index is 12.4. The topological polar surface area (TPSA) is 111 Å². The monoisotopic (exact) mass is 392 g/mol. The van der Waals surface area contributed by atoms with Crippen LogP contribution in [0.15, 0.2) is 24.3 Å². The van der Waals surface area contributed by atoms with Crippen molar-refractivity contribution in [1.82, 2.24) is 4.90 Å². The summed E-state index contributed by atoms with van der Waals surface area (Å²) in [5, 5.41) is 2.47. The van der Waals surface area contributed by atoms with Crippen molar-refractivity contribution < 1.29 is 33.4 Å². The number of nitrogens with one attached hydrogen (secondary N) is 1. The molecule has 28 heavy (non-hydrogen) atoms. The van der Waals surface area contributed by atoms with Gasteiger partial charge >= 0.3 is 18.0 Å². The Kier molecular flexibility index (Phi) is 6.61. The Labute approximate surface area is 162 Å². The number of anilines is 1. The van der Waals surface area contributed by atoms with Crippen LogP contribution in [0.4, 0.5) is 10.5 Å². The molecular weight excluding hydrogens is 368 g/mol. The molecule has 0 spiro atoms. The van der Waals surface area contributed by atoms with Crippen molar-refractivity contribution in [2.24, 2.45) is 0 Å². The highest BCUT2D eigenvalue weighted by Crippen LogP contribution is 2.25. The number of nitrogens with zero attached hydrogens (tertiary/aromatic N) is 1. The molecule has 0 aliphatic carbocycles. The second kappa shape index (κ2) is 8.73. The van der Waals surface area contributed by atoms with Gasteiger partial charge < -0.3 is 19.5 Å². The Balaban J connectivity index is 2.07. The van der Waals surface area contributed by atoms with Gasteiger partial charge in [-0.05, 0) is 45.0 Å². The Morgan fingerprint density at radius 1 is 1.18 bits per heavy atom. The number of esters is 2. The third-order valence-electron chi connectivity index (χ3n) is 3.98. The van der Waals surface area contributed by atoms with Crippen molar-refractivity contribution in [3.63, 3.8) is 0 Å². The first-order valence-electron chi connectivity index (χ1n) is 8.73. The number of rotatable bonds is 5. The van der Waals surface area contributed by atoms with E-state index in [2.05, 4.69) is 5.32 Å². The lowest BCUT2D eigenvalue weighted by Gasteiger charge is -2.27. The molecule has 9 nitrogen and oxygen atoms in total. The first-order valence-corrected chi connectivity index (χ1v) is 8.73. The molecule has 1 saturated heterocycles. The zero-order valence-corrected chi connectivity index (χ0v) is 16.3. The Morgan fingerprint density at radius 2 is 1.82 bits per heavy atom. The van der Waals surface area contributed by atoms with E-state index in [0.717, 1.165) is 0 Å². The number of hydrogen-bond acceptors (Lipinski definition) is 7. The molecular formula is C19H24N2O7. The largest absolute Gasteiger partial charge is 0.467 e. The average molecular weight is 392 g/mol. The maximum Gasteiger partial charge on any atom is 0.411 e. The SMILES string of the molecule is COC(=O)[C@@H]1C[C@@H](OC(=O)c2ccc(NC=O)cc2)CN1C(=O)OC(C)(C)C. The van der Waals surface area contributed by atoms with E-state index in [9.17, 15) is 19.2 Å². The zero-order chi connectivity index (χ0) is 20.9. The summed E-state index contributed by atoms with van der Waals surface area (Å²) < 4.78 is 15.5. The lowest BCUT2D eigenvalue weighted by atomic mass is 10.2. The molecule has 0 unspecified atom stereocenters. The number of carbonyl (C=O) groups is 4. The third-order valence-corrected chi connectivity index (χ3v) is 3.98. The first kappa shape index (κ1) is 21.2. The number of likely N-dealkylation sites (tertiary alicyclic amines) is 1. The lowest BCUT2D eigenvalue weighted by molar-refractivity contribution is -0.145. The number of methoxy groups -OCH3 is 1. The van der Waals surface area contributed by atoms with E-state index in [-0.39, 0.29) is 18.5 Å². The van der Waals surface area contributed by atoms with Gasteiger partial charge in [0.05, 0.1) is 19.2 Å². The smallest absolute Gasteiger partial charge is 0.411 e. The van der Waals surface area contributed by atoms with E-state index in [1.54, 1.807) is 32.9 Å². The van der Waals surface area contributed by atoms with Gasteiger partial charge in [0, 0.05) is 12.1 Å². The van der Waals surface area contributed by atoms with E-state index in [4.69, 9.17) is 14.2 Å². The Hall–Kier alpha value is -3.10. The van der Waals surface area contributed by atoms with Crippen molar-refractivity contribution >= 4 is 30.1 Å². The van der Waals surface area contributed by atoms with Crippen LogP contribution < -0.4 is 5.32 Å². The van der Waals surface area contributed by atoms with E-state index >= 15 is 0 Å². The van der Waals surface area contributed by atoms with Gasteiger partial charge in [0.1, 0.15) is 17.7 Å². The summed E-state index contributed by atoms with van der Waals surface area (Å²) in [6, 6.07) is 5.24. The first-order chi connectivity index (χ1) is 13.1. The summed E-state index contributed by atoms with van der Waals surface area (Å²) in [6.07, 6.45) is -0.713. The molecule has 1 heterocycles. The number of ether oxygens (including phenoxy) is 3. The van der Waals surface area contributed by atoms with Gasteiger partial charge in [0.15, 0.2) is 0 Å². The van der Waals surface area contributed by atoms with Crippen molar-refractivity contribution in [2.45, 2.75) is 44.9 Å². The van der Waals surface area contributed by atoms with E-state index in [0.29, 0.717) is 12.1 Å². The second-order valence-corrected chi connectivity index (χ2v) is 7.27. The lowest BCUT2D eigenvalue weighted by Crippen LogP contribution is -2.44. The predicted molar refractivity (Wildman–Crippen MR) is 98.7 cm³/mol. The number of benzene rings is 1. The molecule has 0 saturated carbocycles. The van der Waals surface area contributed by atoms with Crippen LogP contribution in [0.25, 0.3) is 0 Å². The molecule has 1 N–H and O–H groups in total. The Bertz CT molecular complexity index is 740. The minimum Gasteiger partial charge on any atom is -0.467 e. The van der Waals surface area contributed by atoms with E-state index in [1.165, 1.54) is 24.1 Å². The minimum absolute atomic E-state index is 0.0190. The average Bonchev–Trinajstić information content (AvgIpc) is 3.04. The third kappa shape index (κ3) is 5.45. The zero-order valence-electron chi connectivity index (χ0n) is 16.3. The summed E-state index contributed by atoms with van der Waals surface area (Å²) in [5.74, 6) is -1.20. The number of hydrogen-bond donors (Lipinski definition) is 1. The molecule has 9 heteroatoms. The molecule has 1 aliphatic rings. The van der Waals surface area contributed by atoms with Crippen LogP contribution in [-0.2, 0) is 23.8 Å². The summed E-state index contributed by atoms with van der Waals surface area (Å²) >= 11 is 0. The molecule has 0 aromatic heterocycles. The summed E-state index contributed by atoms with van der Waals surface area (Å²) in [7, 11) is 1.23. The second-order valence-electron chi connectivity index (χ2n) is 7.27.